The fraction of sp³-hybridized carbons (Fsp3) is 0. The highest BCUT2D eigenvalue weighted by Gasteiger charge is 2.24. The number of amides is 2. The van der Waals surface area contributed by atoms with Crippen molar-refractivity contribution in [3.63, 3.8) is 0 Å². The van der Waals surface area contributed by atoms with E-state index in [4.69, 9.17) is 4.74 Å². The number of thioether (sulfide) groups is 1. The zero-order valence-electron chi connectivity index (χ0n) is 12.0. The number of hydrogen-bond acceptors (Lipinski definition) is 7. The van der Waals surface area contributed by atoms with Crippen LogP contribution < -0.4 is 10.1 Å². The van der Waals surface area contributed by atoms with Gasteiger partial charge in [-0.2, -0.15) is 0 Å². The van der Waals surface area contributed by atoms with Crippen molar-refractivity contribution in [1.29, 1.82) is 0 Å². The Bertz CT molecular complexity index is 846. The maximum atomic E-state index is 11.5. The van der Waals surface area contributed by atoms with E-state index in [1.165, 1.54) is 12.1 Å². The van der Waals surface area contributed by atoms with Gasteiger partial charge in [-0.05, 0) is 35.5 Å². The summed E-state index contributed by atoms with van der Waals surface area (Å²) in [6, 6.07) is 9.45. The molecular weight excluding hydrogens is 334 g/mol. The van der Waals surface area contributed by atoms with Crippen molar-refractivity contribution < 1.29 is 19.2 Å². The van der Waals surface area contributed by atoms with Crippen LogP contribution >= 0.6 is 11.8 Å². The SMILES string of the molecule is O=C1NC(=O)C(=Cc2ccc(Oc3ccc([N+](=O)[O-])cn3)cc2)S1. The number of carbonyl (C=O) groups is 2. The van der Waals surface area contributed by atoms with Gasteiger partial charge in [-0.25, -0.2) is 4.98 Å². The zero-order valence-corrected chi connectivity index (χ0v) is 12.8. The minimum absolute atomic E-state index is 0.119. The standard InChI is InChI=1S/C15H9N3O5S/c19-14-12(24-15(20)17-14)7-9-1-4-11(5-2-9)23-13-6-3-10(8-16-13)18(21)22/h1-8H,(H,17,19,20). The Hall–Kier alpha value is -3.20. The summed E-state index contributed by atoms with van der Waals surface area (Å²) in [4.78, 5) is 36.8. The van der Waals surface area contributed by atoms with E-state index >= 15 is 0 Å². The molecule has 1 aromatic carbocycles. The molecule has 1 N–H and O–H groups in total. The number of pyridine rings is 1. The number of imide groups is 1. The van der Waals surface area contributed by atoms with Gasteiger partial charge in [0.2, 0.25) is 5.88 Å². The molecular formula is C15H9N3O5S. The quantitative estimate of drug-likeness (QED) is 0.515. The lowest BCUT2D eigenvalue weighted by Crippen LogP contribution is -2.17. The molecule has 1 saturated heterocycles. The third-order valence-corrected chi connectivity index (χ3v) is 3.78. The number of nitrogens with zero attached hydrogens (tertiary/aromatic N) is 2. The second-order valence-corrected chi connectivity index (χ2v) is 5.65. The van der Waals surface area contributed by atoms with E-state index in [2.05, 4.69) is 10.3 Å². The molecule has 1 aromatic heterocycles. The molecule has 0 radical (unpaired) electrons. The minimum Gasteiger partial charge on any atom is -0.439 e. The Labute approximate surface area is 139 Å². The lowest BCUT2D eigenvalue weighted by molar-refractivity contribution is -0.385. The fourth-order valence-corrected chi connectivity index (χ4v) is 2.55. The lowest BCUT2D eigenvalue weighted by Gasteiger charge is -2.04. The average Bonchev–Trinajstić information content (AvgIpc) is 2.87. The molecule has 3 rings (SSSR count). The summed E-state index contributed by atoms with van der Waals surface area (Å²) in [6.07, 6.45) is 2.71. The van der Waals surface area contributed by atoms with Crippen LogP contribution in [0.2, 0.25) is 0 Å². The van der Waals surface area contributed by atoms with Gasteiger partial charge < -0.3 is 4.74 Å². The Balaban J connectivity index is 1.70. The van der Waals surface area contributed by atoms with Gasteiger partial charge in [0.05, 0.1) is 9.83 Å². The smallest absolute Gasteiger partial charge is 0.290 e. The van der Waals surface area contributed by atoms with Crippen molar-refractivity contribution in [2.45, 2.75) is 0 Å². The first-order valence-corrected chi connectivity index (χ1v) is 7.46. The van der Waals surface area contributed by atoms with Crippen molar-refractivity contribution in [2.24, 2.45) is 0 Å². The highest BCUT2D eigenvalue weighted by atomic mass is 32.2. The van der Waals surface area contributed by atoms with Gasteiger partial charge in [0.15, 0.2) is 0 Å². The van der Waals surface area contributed by atoms with Gasteiger partial charge in [-0.15, -0.1) is 0 Å². The molecule has 2 heterocycles. The number of carbonyl (C=O) groups excluding carboxylic acids is 2. The van der Waals surface area contributed by atoms with Crippen molar-refractivity contribution >= 4 is 34.7 Å². The summed E-state index contributed by atoms with van der Waals surface area (Å²) in [5.74, 6) is 0.293. The molecule has 9 heteroatoms. The Morgan fingerprint density at radius 1 is 1.17 bits per heavy atom. The van der Waals surface area contributed by atoms with Crippen LogP contribution in [0.1, 0.15) is 5.56 Å². The maximum Gasteiger partial charge on any atom is 0.290 e. The zero-order chi connectivity index (χ0) is 17.1. The van der Waals surface area contributed by atoms with Gasteiger partial charge >= 0.3 is 0 Å². The van der Waals surface area contributed by atoms with Crippen LogP contribution in [-0.2, 0) is 4.79 Å². The number of ether oxygens (including phenoxy) is 1. The lowest BCUT2D eigenvalue weighted by atomic mass is 10.2. The van der Waals surface area contributed by atoms with E-state index < -0.39 is 16.1 Å². The summed E-state index contributed by atoms with van der Waals surface area (Å²) in [7, 11) is 0. The van der Waals surface area contributed by atoms with E-state index in [9.17, 15) is 19.7 Å². The summed E-state index contributed by atoms with van der Waals surface area (Å²) in [5.41, 5.74) is 0.609. The molecule has 2 aromatic rings. The number of rotatable bonds is 4. The van der Waals surface area contributed by atoms with Gasteiger partial charge in [-0.3, -0.25) is 25.0 Å². The normalized spacial score (nSPS) is 15.4. The van der Waals surface area contributed by atoms with E-state index in [0.29, 0.717) is 10.7 Å². The van der Waals surface area contributed by atoms with E-state index in [1.54, 1.807) is 30.3 Å². The monoisotopic (exact) mass is 343 g/mol. The highest BCUT2D eigenvalue weighted by molar-refractivity contribution is 8.18. The fourth-order valence-electron chi connectivity index (χ4n) is 1.87. The van der Waals surface area contributed by atoms with Crippen molar-refractivity contribution in [1.82, 2.24) is 10.3 Å². The molecule has 0 spiro atoms. The maximum absolute atomic E-state index is 11.5. The first-order chi connectivity index (χ1) is 11.5. The molecule has 120 valence electrons. The second-order valence-electron chi connectivity index (χ2n) is 4.64. The first kappa shape index (κ1) is 15.7. The number of hydrogen-bond donors (Lipinski definition) is 1. The Morgan fingerprint density at radius 2 is 1.92 bits per heavy atom. The van der Waals surface area contributed by atoms with Gasteiger partial charge in [0.1, 0.15) is 11.9 Å². The van der Waals surface area contributed by atoms with Gasteiger partial charge in [0, 0.05) is 12.1 Å². The Morgan fingerprint density at radius 3 is 2.46 bits per heavy atom. The van der Waals surface area contributed by atoms with Crippen LogP contribution in [0, 0.1) is 10.1 Å². The van der Waals surface area contributed by atoms with Crippen LogP contribution in [0.4, 0.5) is 10.5 Å². The van der Waals surface area contributed by atoms with Crippen LogP contribution in [0.3, 0.4) is 0 Å². The summed E-state index contributed by atoms with van der Waals surface area (Å²) < 4.78 is 5.48. The predicted molar refractivity (Wildman–Crippen MR) is 86.5 cm³/mol. The molecule has 24 heavy (non-hydrogen) atoms. The van der Waals surface area contributed by atoms with Crippen molar-refractivity contribution in [2.75, 3.05) is 0 Å². The van der Waals surface area contributed by atoms with Crippen LogP contribution in [-0.4, -0.2) is 21.1 Å². The third kappa shape index (κ3) is 3.58. The summed E-state index contributed by atoms with van der Waals surface area (Å²) in [6.45, 7) is 0. The Kier molecular flexibility index (Phi) is 4.25. The van der Waals surface area contributed by atoms with E-state index in [1.807, 2.05) is 0 Å². The predicted octanol–water partition coefficient (Wildman–Crippen LogP) is 3.11. The van der Waals surface area contributed by atoms with E-state index in [-0.39, 0.29) is 11.6 Å². The van der Waals surface area contributed by atoms with Gasteiger partial charge in [-0.1, -0.05) is 12.1 Å². The third-order valence-electron chi connectivity index (χ3n) is 2.97. The molecule has 2 amide bonds. The molecule has 0 atom stereocenters. The molecule has 1 aliphatic heterocycles. The molecule has 0 unspecified atom stereocenters. The first-order valence-electron chi connectivity index (χ1n) is 6.64. The van der Waals surface area contributed by atoms with E-state index in [0.717, 1.165) is 23.5 Å². The number of aromatic nitrogens is 1. The number of benzene rings is 1. The van der Waals surface area contributed by atoms with Crippen molar-refractivity contribution in [3.05, 3.63) is 63.2 Å². The topological polar surface area (TPSA) is 111 Å². The molecule has 0 bridgehead atoms. The molecule has 1 fully saturated rings. The van der Waals surface area contributed by atoms with Crippen LogP contribution in [0.5, 0.6) is 11.6 Å². The summed E-state index contributed by atoms with van der Waals surface area (Å²) in [5, 5.41) is 12.3. The molecule has 8 nitrogen and oxygen atoms in total. The minimum atomic E-state index is -0.541. The highest BCUT2D eigenvalue weighted by Crippen LogP contribution is 2.27. The molecule has 0 aliphatic carbocycles. The second kappa shape index (κ2) is 6.50. The summed E-state index contributed by atoms with van der Waals surface area (Å²) >= 11 is 0.844. The number of nitrogens with one attached hydrogen (secondary N) is 1. The number of nitro groups is 1. The van der Waals surface area contributed by atoms with Gasteiger partial charge in [0.25, 0.3) is 16.8 Å². The van der Waals surface area contributed by atoms with Crippen molar-refractivity contribution in [3.8, 4) is 11.6 Å². The van der Waals surface area contributed by atoms with Crippen LogP contribution in [0.25, 0.3) is 6.08 Å². The molecule has 1 aliphatic rings. The molecule has 0 saturated carbocycles. The van der Waals surface area contributed by atoms with Crippen LogP contribution in [0.15, 0.2) is 47.5 Å². The largest absolute Gasteiger partial charge is 0.439 e. The average molecular weight is 343 g/mol.